The molecule has 10 heteroatoms. The number of amides is 2. The summed E-state index contributed by atoms with van der Waals surface area (Å²) in [4.78, 5) is 28.2. The minimum atomic E-state index is -0.295. The molecule has 0 saturated carbocycles. The summed E-state index contributed by atoms with van der Waals surface area (Å²) in [7, 11) is 0. The van der Waals surface area contributed by atoms with Gasteiger partial charge in [-0.05, 0) is 83.8 Å². The van der Waals surface area contributed by atoms with E-state index in [1.807, 2.05) is 55.5 Å². The number of amidine groups is 1. The number of carbonyl (C=O) groups is 2. The molecule has 1 N–H and O–H groups in total. The Morgan fingerprint density at radius 3 is 2.51 bits per heavy atom. The molecule has 1 saturated heterocycles. The summed E-state index contributed by atoms with van der Waals surface area (Å²) >= 11 is 4.71. The Balaban J connectivity index is 1.36. The number of hydrogen-bond donors (Lipinski definition) is 1. The number of halogens is 1. The lowest BCUT2D eigenvalue weighted by molar-refractivity contribution is -0.122. The fourth-order valence-corrected chi connectivity index (χ4v) is 5.68. The van der Waals surface area contributed by atoms with Gasteiger partial charge in [0.05, 0.1) is 23.9 Å². The fraction of sp³-hybridized carbons (Fsp3) is 0.200. The molecule has 0 unspecified atom stereocenters. The van der Waals surface area contributed by atoms with Crippen molar-refractivity contribution in [3.63, 3.8) is 0 Å². The topological polar surface area (TPSA) is 96.5 Å². The molecule has 3 aromatic carbocycles. The van der Waals surface area contributed by atoms with Crippen LogP contribution in [0.4, 0.5) is 5.69 Å². The molecule has 4 aromatic rings. The summed E-state index contributed by atoms with van der Waals surface area (Å²) in [6.07, 6.45) is 4.97. The number of thioether (sulfide) groups is 1. The maximum Gasteiger partial charge on any atom is 0.267 e. The monoisotopic (exact) mass is 684 g/mol. The maximum absolute atomic E-state index is 13.6. The van der Waals surface area contributed by atoms with Gasteiger partial charge in [0.15, 0.2) is 11.8 Å². The fourth-order valence-electron chi connectivity index (χ4n) is 4.38. The van der Waals surface area contributed by atoms with E-state index < -0.39 is 0 Å². The molecule has 0 atom stereocenters. The van der Waals surface area contributed by atoms with Crippen molar-refractivity contribution in [2.45, 2.75) is 39.7 Å². The first-order valence-electron chi connectivity index (χ1n) is 14.3. The van der Waals surface area contributed by atoms with Gasteiger partial charge in [0.1, 0.15) is 11.5 Å². The smallest absolute Gasteiger partial charge is 0.267 e. The lowest BCUT2D eigenvalue weighted by Gasteiger charge is -2.18. The van der Waals surface area contributed by atoms with Gasteiger partial charge >= 0.3 is 0 Å². The van der Waals surface area contributed by atoms with E-state index in [0.717, 1.165) is 15.6 Å². The second kappa shape index (κ2) is 14.1. The van der Waals surface area contributed by atoms with Gasteiger partial charge in [-0.2, -0.15) is 5.10 Å². The van der Waals surface area contributed by atoms with Gasteiger partial charge in [-0.15, -0.1) is 5.10 Å². The highest BCUT2D eigenvalue weighted by Crippen LogP contribution is 2.36. The number of carbonyl (C=O) groups excluding carboxylic acids is 2. The van der Waals surface area contributed by atoms with E-state index >= 15 is 0 Å². The van der Waals surface area contributed by atoms with E-state index in [1.165, 1.54) is 22.2 Å². The van der Waals surface area contributed by atoms with Crippen LogP contribution in [0.2, 0.25) is 0 Å². The third-order valence-electron chi connectivity index (χ3n) is 6.86. The van der Waals surface area contributed by atoms with Crippen molar-refractivity contribution in [3.8, 4) is 5.75 Å². The molecular weight excluding hydrogens is 652 g/mol. The molecule has 0 spiro atoms. The van der Waals surface area contributed by atoms with Gasteiger partial charge < -0.3 is 14.5 Å². The molecule has 8 nitrogen and oxygen atoms in total. The van der Waals surface area contributed by atoms with Crippen molar-refractivity contribution in [1.82, 2.24) is 4.90 Å². The molecule has 230 valence electrons. The number of nitrogens with zero attached hydrogens (tertiary/aromatic N) is 3. The minimum absolute atomic E-state index is 0.0545. The quantitative estimate of drug-likeness (QED) is 0.109. The van der Waals surface area contributed by atoms with Gasteiger partial charge in [0, 0.05) is 15.7 Å². The minimum Gasteiger partial charge on any atom is -0.483 e. The molecule has 5 rings (SSSR count). The second-order valence-electron chi connectivity index (χ2n) is 11.5. The van der Waals surface area contributed by atoms with Crippen LogP contribution in [0.15, 0.2) is 109 Å². The molecule has 1 aromatic heterocycles. The van der Waals surface area contributed by atoms with Gasteiger partial charge in [-0.25, -0.2) is 0 Å². The average molecular weight is 686 g/mol. The highest BCUT2D eigenvalue weighted by molar-refractivity contribution is 9.10. The van der Waals surface area contributed by atoms with E-state index in [4.69, 9.17) is 9.15 Å². The van der Waals surface area contributed by atoms with Gasteiger partial charge in [0.2, 0.25) is 0 Å². The number of hydrogen-bond acceptors (Lipinski definition) is 7. The first-order valence-corrected chi connectivity index (χ1v) is 15.9. The lowest BCUT2D eigenvalue weighted by Crippen LogP contribution is -2.28. The summed E-state index contributed by atoms with van der Waals surface area (Å²) in [5.41, 5.74) is 4.60. The molecule has 1 aliphatic rings. The van der Waals surface area contributed by atoms with Gasteiger partial charge in [0.25, 0.3) is 11.8 Å². The molecule has 0 aliphatic carbocycles. The molecule has 45 heavy (non-hydrogen) atoms. The van der Waals surface area contributed by atoms with E-state index in [2.05, 4.69) is 64.4 Å². The Hall–Kier alpha value is -4.41. The number of anilines is 1. The number of nitrogens with one attached hydrogen (secondary N) is 1. The molecule has 1 aliphatic heterocycles. The Kier molecular flexibility index (Phi) is 10.0. The van der Waals surface area contributed by atoms with Crippen LogP contribution in [0.1, 0.15) is 48.8 Å². The zero-order valence-corrected chi connectivity index (χ0v) is 27.8. The third kappa shape index (κ3) is 8.61. The molecule has 0 radical (unpaired) electrons. The van der Waals surface area contributed by atoms with E-state index in [0.29, 0.717) is 32.8 Å². The lowest BCUT2D eigenvalue weighted by atomic mass is 9.87. The first-order chi connectivity index (χ1) is 21.5. The van der Waals surface area contributed by atoms with Crippen LogP contribution in [0.3, 0.4) is 0 Å². The van der Waals surface area contributed by atoms with Crippen LogP contribution >= 0.6 is 27.7 Å². The second-order valence-corrected chi connectivity index (χ2v) is 13.4. The molecule has 2 amide bonds. The van der Waals surface area contributed by atoms with Gasteiger partial charge in [-0.1, -0.05) is 78.7 Å². The molecule has 2 heterocycles. The SMILES string of the molecule is Cc1ccc(NC(=O)COc2ccc(Br)cc2/C=C2\S/C(=N\N=C\c3ccc(C(C)(C)C)cc3)N(Cc3ccco3)C2=O)cc1. The van der Waals surface area contributed by atoms with Crippen LogP contribution in [0.25, 0.3) is 6.08 Å². The summed E-state index contributed by atoms with van der Waals surface area (Å²) in [6, 6.07) is 24.7. The Morgan fingerprint density at radius 1 is 1.07 bits per heavy atom. The van der Waals surface area contributed by atoms with Crippen molar-refractivity contribution in [1.29, 1.82) is 0 Å². The summed E-state index contributed by atoms with van der Waals surface area (Å²) < 4.78 is 12.2. The van der Waals surface area contributed by atoms with Crippen molar-refractivity contribution in [2.75, 3.05) is 11.9 Å². The molecular formula is C35H33BrN4O4S. The Bertz CT molecular complexity index is 1760. The third-order valence-corrected chi connectivity index (χ3v) is 8.35. The summed E-state index contributed by atoms with van der Waals surface area (Å²) in [5.74, 6) is 0.531. The number of ether oxygens (including phenoxy) is 1. The predicted octanol–water partition coefficient (Wildman–Crippen LogP) is 8.17. The van der Waals surface area contributed by atoms with E-state index in [1.54, 1.807) is 36.8 Å². The first kappa shape index (κ1) is 32.0. The van der Waals surface area contributed by atoms with Crippen molar-refractivity contribution in [3.05, 3.63) is 123 Å². The highest BCUT2D eigenvalue weighted by Gasteiger charge is 2.34. The van der Waals surface area contributed by atoms with Crippen LogP contribution in [0.5, 0.6) is 5.75 Å². The largest absolute Gasteiger partial charge is 0.483 e. The zero-order chi connectivity index (χ0) is 32.0. The normalized spacial score (nSPS) is 15.4. The van der Waals surface area contributed by atoms with E-state index in [9.17, 15) is 9.59 Å². The number of aryl methyl sites for hydroxylation is 1. The Morgan fingerprint density at radius 2 is 1.82 bits per heavy atom. The number of rotatable bonds is 9. The maximum atomic E-state index is 13.6. The molecule has 1 fully saturated rings. The van der Waals surface area contributed by atoms with Crippen molar-refractivity contribution < 1.29 is 18.7 Å². The summed E-state index contributed by atoms with van der Waals surface area (Å²) in [5, 5.41) is 12.0. The summed E-state index contributed by atoms with van der Waals surface area (Å²) in [6.45, 7) is 8.49. The van der Waals surface area contributed by atoms with Crippen molar-refractivity contribution in [2.24, 2.45) is 10.2 Å². The van der Waals surface area contributed by atoms with Crippen LogP contribution in [-0.2, 0) is 21.5 Å². The zero-order valence-electron chi connectivity index (χ0n) is 25.4. The van der Waals surface area contributed by atoms with Crippen LogP contribution < -0.4 is 10.1 Å². The van der Waals surface area contributed by atoms with Crippen LogP contribution in [-0.4, -0.2) is 34.7 Å². The Labute approximate surface area is 275 Å². The average Bonchev–Trinajstić information content (AvgIpc) is 3.62. The number of benzene rings is 3. The van der Waals surface area contributed by atoms with Gasteiger partial charge in [-0.3, -0.25) is 14.5 Å². The van der Waals surface area contributed by atoms with E-state index in [-0.39, 0.29) is 30.4 Å². The van der Waals surface area contributed by atoms with Crippen molar-refractivity contribution >= 4 is 62.7 Å². The standard InChI is InChI=1S/C35H33BrN4O4S/c1-23-7-14-28(15-8-23)38-32(41)22-44-30-16-13-27(36)18-25(30)19-31-33(42)40(21-29-6-5-17-43-29)34(45-31)39-37-20-24-9-11-26(12-10-24)35(2,3)4/h5-20H,21-22H2,1-4H3,(H,38,41)/b31-19-,37-20+,39-34-. The number of furan rings is 1. The molecule has 0 bridgehead atoms. The van der Waals surface area contributed by atoms with Crippen LogP contribution in [0, 0.1) is 6.92 Å². The predicted molar refractivity (Wildman–Crippen MR) is 184 cm³/mol. The highest BCUT2D eigenvalue weighted by atomic mass is 79.9.